The molecule has 93 heavy (non-hydrogen) atoms. The molecule has 0 unspecified atom stereocenters. The van der Waals surface area contributed by atoms with Gasteiger partial charge in [0.05, 0.1) is 24.2 Å². The van der Waals surface area contributed by atoms with Crippen molar-refractivity contribution < 1.29 is 0 Å². The Morgan fingerprint density at radius 2 is 0.430 bits per heavy atom. The van der Waals surface area contributed by atoms with Crippen LogP contribution in [0.2, 0.25) is 39.3 Å². The van der Waals surface area contributed by atoms with Gasteiger partial charge in [-0.05, 0) is 254 Å². The van der Waals surface area contributed by atoms with E-state index in [0.29, 0.717) is 0 Å². The summed E-state index contributed by atoms with van der Waals surface area (Å²) in [6.45, 7) is 38.1. The smallest absolute Gasteiger partial charge is 0.0904 e. The number of hydrogen-bond donors (Lipinski definition) is 0. The van der Waals surface area contributed by atoms with Crippen LogP contribution in [-0.4, -0.2) is 24.2 Å². The average molecular weight is 1520 g/mol. The lowest BCUT2D eigenvalue weighted by Crippen LogP contribution is -2.38. The Kier molecular flexibility index (Phi) is 16.4. The highest BCUT2D eigenvalue weighted by Gasteiger charge is 2.50. The molecule has 0 aliphatic carbocycles. The summed E-state index contributed by atoms with van der Waals surface area (Å²) in [6.07, 6.45) is 0. The van der Waals surface area contributed by atoms with Gasteiger partial charge in [-0.25, -0.2) is 0 Å². The molecule has 0 N–H and O–H groups in total. The first-order chi connectivity index (χ1) is 44.3. The summed E-state index contributed by atoms with van der Waals surface area (Å²) in [5, 5.41) is 0. The van der Waals surface area contributed by atoms with E-state index in [9.17, 15) is 0 Å². The monoisotopic (exact) mass is 1520 g/mol. The largest absolute Gasteiger partial charge is 0.144 e. The van der Waals surface area contributed by atoms with Crippen LogP contribution in [0, 0.1) is 69.2 Å². The molecule has 0 bridgehead atoms. The van der Waals surface area contributed by atoms with Crippen LogP contribution in [0.4, 0.5) is 0 Å². The van der Waals surface area contributed by atoms with Crippen molar-refractivity contribution in [1.29, 1.82) is 0 Å². The lowest BCUT2D eigenvalue weighted by Gasteiger charge is -2.21. The maximum absolute atomic E-state index is 2.58. The van der Waals surface area contributed by atoms with E-state index >= 15 is 0 Å². The molecule has 0 fully saturated rings. The van der Waals surface area contributed by atoms with Crippen LogP contribution in [0.3, 0.4) is 0 Å². The minimum atomic E-state index is -2.05. The second-order valence-electron chi connectivity index (χ2n) is 28.3. The summed E-state index contributed by atoms with van der Waals surface area (Å²) in [6, 6.07) is 44.1. The van der Waals surface area contributed by atoms with Crippen LogP contribution < -0.4 is 9.00 Å². The van der Waals surface area contributed by atoms with Crippen molar-refractivity contribution >= 4 is 192 Å². The van der Waals surface area contributed by atoms with E-state index in [1.165, 1.54) is 176 Å². The molecular weight excluding hydrogens is 1450 g/mol. The second-order valence-corrected chi connectivity index (χ2v) is 58.7. The Morgan fingerprint density at radius 1 is 0.226 bits per heavy atom. The molecule has 0 saturated heterocycles. The van der Waals surface area contributed by atoms with E-state index < -0.39 is 24.2 Å². The normalized spacial score (nSPS) is 13.9. The molecule has 14 aromatic rings. The van der Waals surface area contributed by atoms with Gasteiger partial charge in [0.15, 0.2) is 0 Å². The molecule has 0 atom stereocenters. The summed E-state index contributed by atoms with van der Waals surface area (Å²) in [5.41, 5.74) is 17.9. The highest BCUT2D eigenvalue weighted by Crippen LogP contribution is 2.60. The predicted molar refractivity (Wildman–Crippen MR) is 442 cm³/mol. The zero-order chi connectivity index (χ0) is 64.6. The lowest BCUT2D eigenvalue weighted by molar-refractivity contribution is 1.24. The van der Waals surface area contributed by atoms with Gasteiger partial charge < -0.3 is 0 Å². The van der Waals surface area contributed by atoms with Crippen LogP contribution in [0.5, 0.6) is 0 Å². The summed E-state index contributed by atoms with van der Waals surface area (Å²) in [5.74, 6) is 0. The SMILES string of the molecule is Cc1ccc(-c2sc(-c3sc(-c4sc(-c5cc(C)c(-c6cc(C)c(-c7ccc([Si](C)(C)C)s7)s6)s5)c5c4C[Si]4(Cc6c(-c7cc(C)c(-c8cc(C)c(-c9ccc(C)s9)s8)s7)sc(-c7cc(C)c(-c8cc(C)c(-c9ccc([Si](C)(C)C)s9)s8)s7)c6C4)C5)cc3C)cc2C)s1. The van der Waals surface area contributed by atoms with E-state index in [0.717, 1.165) is 0 Å². The Hall–Kier alpha value is -3.55. The molecule has 17 heteroatoms. The van der Waals surface area contributed by atoms with Crippen molar-refractivity contribution in [2.75, 3.05) is 0 Å². The van der Waals surface area contributed by atoms with E-state index in [1.807, 2.05) is 90.7 Å². The minimum absolute atomic E-state index is 1.24. The fourth-order valence-corrected chi connectivity index (χ4v) is 41.3. The van der Waals surface area contributed by atoms with Crippen LogP contribution in [0.15, 0.2) is 97.1 Å². The molecular formula is C76H72S14Si3. The first-order valence-electron chi connectivity index (χ1n) is 31.8. The zero-order valence-electron chi connectivity index (χ0n) is 55.3. The second kappa shape index (κ2) is 23.8. The van der Waals surface area contributed by atoms with Gasteiger partial charge in [0, 0.05) is 127 Å². The highest BCUT2D eigenvalue weighted by atomic mass is 32.2. The standard InChI is InChI=1S/C76H72S14Si3/c1-37-25-55(81-65(37)51-19-17-45(9)77-51)69-41(5)29-59(85-69)73-47-33-93(35-49(47)75(89-73)61-31-43(7)71(87-61)57-27-39(3)67(83-57)53-21-23-63(79-53)91(11,12)13)34-48-50(36-93)76(62-32-44(8)72(88-62)58-28-40(4)68(84-58)54-22-24-64(80-54)92(14,15)16)90-74(48)60-30-42(6)70(86-60)56-26-38(2)66(82-56)52-20-18-46(10)78-52/h17-32H,33-36H2,1-16H3. The van der Waals surface area contributed by atoms with Crippen LogP contribution in [0.1, 0.15) is 76.5 Å². The summed E-state index contributed by atoms with van der Waals surface area (Å²) in [4.78, 5) is 37.6. The maximum Gasteiger partial charge on any atom is 0.0904 e. The first kappa shape index (κ1) is 64.1. The Labute approximate surface area is 608 Å². The summed E-state index contributed by atoms with van der Waals surface area (Å²) >= 11 is 28.4. The van der Waals surface area contributed by atoms with Gasteiger partial charge in [-0.2, -0.15) is 0 Å². The molecule has 2 aliphatic rings. The number of thiophene rings is 14. The highest BCUT2D eigenvalue weighted by molar-refractivity contribution is 7.35. The third-order valence-electron chi connectivity index (χ3n) is 18.6. The molecule has 2 aliphatic heterocycles. The van der Waals surface area contributed by atoms with Gasteiger partial charge in [0.1, 0.15) is 0 Å². The zero-order valence-corrected chi connectivity index (χ0v) is 69.7. The Bertz CT molecular complexity index is 4950. The van der Waals surface area contributed by atoms with Gasteiger partial charge in [0.2, 0.25) is 0 Å². The van der Waals surface area contributed by atoms with E-state index in [4.69, 9.17) is 0 Å². The quantitative estimate of drug-likeness (QED) is 0.0952. The van der Waals surface area contributed by atoms with Crippen molar-refractivity contribution in [3.63, 3.8) is 0 Å². The van der Waals surface area contributed by atoms with Gasteiger partial charge in [0.25, 0.3) is 0 Å². The van der Waals surface area contributed by atoms with Crippen LogP contribution in [-0.2, 0) is 24.2 Å². The van der Waals surface area contributed by atoms with Gasteiger partial charge in [-0.1, -0.05) is 51.4 Å². The predicted octanol–water partition coefficient (Wildman–Crippen LogP) is 28.2. The number of fused-ring (bicyclic) bond motifs is 2. The van der Waals surface area contributed by atoms with Crippen LogP contribution in [0.25, 0.3) is 117 Å². The third-order valence-corrected chi connectivity index (χ3v) is 49.0. The fourth-order valence-electron chi connectivity index (χ4n) is 14.0. The molecule has 1 spiro atoms. The van der Waals surface area contributed by atoms with Crippen molar-refractivity contribution in [2.24, 2.45) is 0 Å². The third kappa shape index (κ3) is 11.4. The molecule has 472 valence electrons. The molecule has 0 aromatic carbocycles. The molecule has 0 saturated carbocycles. The Balaban J connectivity index is 0.810. The number of aryl methyl sites for hydroxylation is 10. The summed E-state index contributed by atoms with van der Waals surface area (Å²) < 4.78 is 3.17. The number of rotatable bonds is 14. The Morgan fingerprint density at radius 3 is 0.634 bits per heavy atom. The molecule has 16 heterocycles. The fraction of sp³-hybridized carbons (Fsp3) is 0.263. The van der Waals surface area contributed by atoms with Crippen molar-refractivity contribution in [1.82, 2.24) is 0 Å². The maximum atomic E-state index is 2.58. The van der Waals surface area contributed by atoms with Crippen molar-refractivity contribution in [2.45, 2.75) is 133 Å². The summed E-state index contributed by atoms with van der Waals surface area (Å²) in [7, 11) is -4.86. The van der Waals surface area contributed by atoms with E-state index in [1.54, 1.807) is 50.8 Å². The number of hydrogen-bond acceptors (Lipinski definition) is 14. The van der Waals surface area contributed by atoms with Gasteiger partial charge in [-0.15, -0.1) is 159 Å². The lowest BCUT2D eigenvalue weighted by atomic mass is 10.1. The first-order valence-corrected chi connectivity index (χ1v) is 53.1. The minimum Gasteiger partial charge on any atom is -0.144 e. The van der Waals surface area contributed by atoms with Crippen LogP contribution >= 0.6 is 159 Å². The van der Waals surface area contributed by atoms with Crippen molar-refractivity contribution in [3.05, 3.63) is 174 Å². The molecule has 0 nitrogen and oxygen atoms in total. The molecule has 14 aromatic heterocycles. The molecule has 0 radical (unpaired) electrons. The van der Waals surface area contributed by atoms with Gasteiger partial charge in [-0.3, -0.25) is 0 Å². The van der Waals surface area contributed by atoms with E-state index in [-0.39, 0.29) is 0 Å². The average Bonchev–Trinajstić information content (AvgIpc) is 1.55. The molecule has 16 rings (SSSR count). The topological polar surface area (TPSA) is 0 Å². The molecule has 0 amide bonds. The van der Waals surface area contributed by atoms with Crippen molar-refractivity contribution in [3.8, 4) is 117 Å². The van der Waals surface area contributed by atoms with Gasteiger partial charge >= 0.3 is 0 Å². The van der Waals surface area contributed by atoms with E-state index in [2.05, 4.69) is 274 Å².